The molecular formula is C17H40O7Si2. The zero-order chi connectivity index (χ0) is 19.9. The fourth-order valence-electron chi connectivity index (χ4n) is 2.95. The fraction of sp³-hybridized carbons (Fsp3) is 1.00. The summed E-state index contributed by atoms with van der Waals surface area (Å²) in [6.45, 7) is 3.05. The number of hydrogen-bond donors (Lipinski definition) is 1. The second kappa shape index (κ2) is 15.1. The van der Waals surface area contributed by atoms with Crippen LogP contribution >= 0.6 is 0 Å². The molecule has 0 bridgehead atoms. The first-order valence-corrected chi connectivity index (χ1v) is 13.6. The van der Waals surface area contributed by atoms with E-state index in [-0.39, 0.29) is 0 Å². The van der Waals surface area contributed by atoms with Crippen molar-refractivity contribution in [1.82, 2.24) is 0 Å². The maximum Gasteiger partial charge on any atom is 0.500 e. The highest BCUT2D eigenvalue weighted by atomic mass is 28.4. The zero-order valence-corrected chi connectivity index (χ0v) is 19.5. The molecule has 0 rings (SSSR count). The molecule has 7 nitrogen and oxygen atoms in total. The van der Waals surface area contributed by atoms with Crippen LogP contribution in [0.3, 0.4) is 0 Å². The molecule has 0 radical (unpaired) electrons. The van der Waals surface area contributed by atoms with Crippen LogP contribution in [0.5, 0.6) is 0 Å². The van der Waals surface area contributed by atoms with Gasteiger partial charge in [0.15, 0.2) is 0 Å². The Morgan fingerprint density at radius 2 is 1.38 bits per heavy atom. The van der Waals surface area contributed by atoms with Crippen LogP contribution in [0.2, 0.25) is 18.1 Å². The summed E-state index contributed by atoms with van der Waals surface area (Å²) in [5.41, 5.74) is 0. The third-order valence-electron chi connectivity index (χ3n) is 4.89. The van der Waals surface area contributed by atoms with Gasteiger partial charge in [-0.05, 0) is 24.9 Å². The van der Waals surface area contributed by atoms with E-state index >= 15 is 0 Å². The summed E-state index contributed by atoms with van der Waals surface area (Å²) >= 11 is 0. The predicted octanol–water partition coefficient (Wildman–Crippen LogP) is 2.95. The lowest BCUT2D eigenvalue weighted by molar-refractivity contribution is 0.0297. The standard InChI is InChI=1S/C17H40O7Si2/c1-7-25(19-2,20-3)14-10-8-9-12-17(18)16-24-13-11-15-26(21-4,22-5)23-6/h17-18H,7-16H2,1-6H3. The molecule has 9 heteroatoms. The number of aliphatic hydroxyl groups excluding tert-OH is 1. The number of rotatable bonds is 18. The number of ether oxygens (including phenoxy) is 1. The lowest BCUT2D eigenvalue weighted by Gasteiger charge is -2.25. The van der Waals surface area contributed by atoms with Crippen molar-refractivity contribution in [2.75, 3.05) is 48.8 Å². The molecule has 26 heavy (non-hydrogen) atoms. The molecule has 0 aromatic heterocycles. The molecule has 1 N–H and O–H groups in total. The van der Waals surface area contributed by atoms with Gasteiger partial charge in [0.05, 0.1) is 12.7 Å². The van der Waals surface area contributed by atoms with Gasteiger partial charge in [0, 0.05) is 48.2 Å². The molecular weight excluding hydrogens is 372 g/mol. The van der Waals surface area contributed by atoms with Crippen LogP contribution in [-0.2, 0) is 26.9 Å². The Labute approximate surface area is 161 Å². The van der Waals surface area contributed by atoms with Crippen LogP contribution in [0, 0.1) is 0 Å². The molecule has 0 spiro atoms. The van der Waals surface area contributed by atoms with E-state index in [9.17, 15) is 5.11 Å². The number of hydrogen-bond acceptors (Lipinski definition) is 7. The van der Waals surface area contributed by atoms with Gasteiger partial charge < -0.3 is 32.0 Å². The van der Waals surface area contributed by atoms with E-state index in [2.05, 4.69) is 6.92 Å². The van der Waals surface area contributed by atoms with Gasteiger partial charge >= 0.3 is 17.4 Å². The van der Waals surface area contributed by atoms with Crippen molar-refractivity contribution in [1.29, 1.82) is 0 Å². The first kappa shape index (κ1) is 26.2. The van der Waals surface area contributed by atoms with E-state index in [1.54, 1.807) is 35.5 Å². The molecule has 0 aliphatic carbocycles. The maximum atomic E-state index is 10.0. The second-order valence-corrected chi connectivity index (χ2v) is 13.3. The highest BCUT2D eigenvalue weighted by molar-refractivity contribution is 6.67. The zero-order valence-electron chi connectivity index (χ0n) is 17.5. The Balaban J connectivity index is 3.74. The van der Waals surface area contributed by atoms with E-state index in [1.807, 2.05) is 0 Å². The quantitative estimate of drug-likeness (QED) is 0.274. The molecule has 1 unspecified atom stereocenters. The third-order valence-corrected chi connectivity index (χ3v) is 11.4. The van der Waals surface area contributed by atoms with Gasteiger partial charge in [0.1, 0.15) is 0 Å². The van der Waals surface area contributed by atoms with E-state index in [0.29, 0.717) is 19.3 Å². The SMILES string of the molecule is CC[Si](CCCCCC(O)COCCC[Si](OC)(OC)OC)(OC)OC. The van der Waals surface area contributed by atoms with Gasteiger partial charge in [-0.25, -0.2) is 0 Å². The first-order chi connectivity index (χ1) is 12.5. The van der Waals surface area contributed by atoms with Gasteiger partial charge in [0.25, 0.3) is 0 Å². The summed E-state index contributed by atoms with van der Waals surface area (Å²) in [4.78, 5) is 0. The van der Waals surface area contributed by atoms with Gasteiger partial charge in [0.2, 0.25) is 0 Å². The highest BCUT2D eigenvalue weighted by Gasteiger charge is 2.36. The molecule has 0 saturated heterocycles. The minimum absolute atomic E-state index is 0.366. The minimum atomic E-state index is -2.51. The minimum Gasteiger partial charge on any atom is -0.398 e. The van der Waals surface area contributed by atoms with Gasteiger partial charge in [-0.2, -0.15) is 0 Å². The van der Waals surface area contributed by atoms with Crippen LogP contribution in [0.4, 0.5) is 0 Å². The molecule has 0 aliphatic rings. The molecule has 0 fully saturated rings. The number of aliphatic hydroxyl groups is 1. The average molecular weight is 413 g/mol. The van der Waals surface area contributed by atoms with E-state index in [0.717, 1.165) is 44.2 Å². The Morgan fingerprint density at radius 1 is 0.769 bits per heavy atom. The fourth-order valence-corrected chi connectivity index (χ4v) is 6.94. The summed E-state index contributed by atoms with van der Waals surface area (Å²) in [6, 6.07) is 2.68. The predicted molar refractivity (Wildman–Crippen MR) is 107 cm³/mol. The van der Waals surface area contributed by atoms with Crippen molar-refractivity contribution >= 4 is 17.4 Å². The summed E-state index contributed by atoms with van der Waals surface area (Å²) in [5, 5.41) is 10.0. The Bertz CT molecular complexity index is 280. The molecule has 0 aliphatic heterocycles. The van der Waals surface area contributed by atoms with E-state index in [4.69, 9.17) is 26.9 Å². The Morgan fingerprint density at radius 3 is 1.88 bits per heavy atom. The maximum absolute atomic E-state index is 10.0. The highest BCUT2D eigenvalue weighted by Crippen LogP contribution is 2.21. The number of unbranched alkanes of at least 4 members (excludes halogenated alkanes) is 2. The normalized spacial score (nSPS) is 14.0. The van der Waals surface area contributed by atoms with Crippen molar-refractivity contribution in [3.05, 3.63) is 0 Å². The Kier molecular flexibility index (Phi) is 15.2. The molecule has 0 amide bonds. The largest absolute Gasteiger partial charge is 0.500 e. The van der Waals surface area contributed by atoms with Crippen molar-refractivity contribution < 1.29 is 32.0 Å². The summed E-state index contributed by atoms with van der Waals surface area (Å²) in [6.07, 6.45) is 4.26. The smallest absolute Gasteiger partial charge is 0.398 e. The van der Waals surface area contributed by atoms with Crippen molar-refractivity contribution in [3.8, 4) is 0 Å². The molecule has 0 heterocycles. The van der Waals surface area contributed by atoms with E-state index < -0.39 is 23.5 Å². The summed E-state index contributed by atoms with van der Waals surface area (Å²) < 4.78 is 32.9. The molecule has 0 aromatic carbocycles. The van der Waals surface area contributed by atoms with Crippen LogP contribution in [0.1, 0.15) is 39.0 Å². The molecule has 0 saturated carbocycles. The topological polar surface area (TPSA) is 75.6 Å². The third kappa shape index (κ3) is 9.91. The Hall–Kier alpha value is 0.154. The molecule has 0 aromatic rings. The second-order valence-electron chi connectivity index (χ2n) is 6.40. The van der Waals surface area contributed by atoms with E-state index in [1.165, 1.54) is 0 Å². The van der Waals surface area contributed by atoms with Crippen molar-refractivity contribution in [2.45, 2.75) is 63.3 Å². The van der Waals surface area contributed by atoms with Crippen LogP contribution in [-0.4, -0.2) is 77.3 Å². The van der Waals surface area contributed by atoms with Gasteiger partial charge in [-0.15, -0.1) is 0 Å². The summed E-state index contributed by atoms with van der Waals surface area (Å²) in [5.74, 6) is 0. The molecule has 1 atom stereocenters. The van der Waals surface area contributed by atoms with Gasteiger partial charge in [-0.1, -0.05) is 26.2 Å². The average Bonchev–Trinajstić information content (AvgIpc) is 2.68. The van der Waals surface area contributed by atoms with Crippen LogP contribution in [0.25, 0.3) is 0 Å². The van der Waals surface area contributed by atoms with Crippen LogP contribution in [0.15, 0.2) is 0 Å². The first-order valence-electron chi connectivity index (χ1n) is 9.48. The monoisotopic (exact) mass is 412 g/mol. The van der Waals surface area contributed by atoms with Gasteiger partial charge in [-0.3, -0.25) is 0 Å². The van der Waals surface area contributed by atoms with Crippen LogP contribution < -0.4 is 0 Å². The van der Waals surface area contributed by atoms with Crippen molar-refractivity contribution in [2.24, 2.45) is 0 Å². The summed E-state index contributed by atoms with van der Waals surface area (Å²) in [7, 11) is 3.85. The lowest BCUT2D eigenvalue weighted by atomic mass is 10.1. The molecule has 158 valence electrons. The van der Waals surface area contributed by atoms with Crippen molar-refractivity contribution in [3.63, 3.8) is 0 Å². The lowest BCUT2D eigenvalue weighted by Crippen LogP contribution is -2.42.